The average molecular weight is 353 g/mol. The van der Waals surface area contributed by atoms with Gasteiger partial charge in [0.05, 0.1) is 11.7 Å². The fourth-order valence-corrected chi connectivity index (χ4v) is 4.18. The fourth-order valence-electron chi connectivity index (χ4n) is 4.18. The third kappa shape index (κ3) is 3.39. The molecule has 2 aromatic rings. The second-order valence-electron chi connectivity index (χ2n) is 7.32. The lowest BCUT2D eigenvalue weighted by atomic mass is 9.71. The van der Waals surface area contributed by atoms with Crippen LogP contribution in [0.5, 0.6) is 0 Å². The highest BCUT2D eigenvalue weighted by molar-refractivity contribution is 5.94. The Morgan fingerprint density at radius 3 is 2.62 bits per heavy atom. The number of nitrogens with zero attached hydrogens (tertiary/aromatic N) is 5. The molecule has 7 nitrogen and oxygen atoms in total. The van der Waals surface area contributed by atoms with Crippen LogP contribution in [-0.4, -0.2) is 63.1 Å². The number of β-amino-alcohol motifs (C(OH)–C–C–N with tert-alkyl or cyclic N) is 1. The summed E-state index contributed by atoms with van der Waals surface area (Å²) in [5, 5.41) is 10.4. The molecule has 0 aliphatic carbocycles. The highest BCUT2D eigenvalue weighted by Crippen LogP contribution is 2.40. The lowest BCUT2D eigenvalue weighted by molar-refractivity contribution is -0.0151. The van der Waals surface area contributed by atoms with E-state index in [1.807, 2.05) is 6.07 Å². The largest absolute Gasteiger partial charge is 0.391 e. The van der Waals surface area contributed by atoms with Crippen LogP contribution < -0.4 is 4.90 Å². The van der Waals surface area contributed by atoms with Crippen LogP contribution in [-0.2, 0) is 0 Å². The van der Waals surface area contributed by atoms with Crippen LogP contribution in [0, 0.1) is 5.41 Å². The van der Waals surface area contributed by atoms with Crippen molar-refractivity contribution in [3.63, 3.8) is 0 Å². The second-order valence-corrected chi connectivity index (χ2v) is 7.32. The molecule has 2 saturated heterocycles. The maximum atomic E-state index is 12.8. The number of pyridine rings is 1. The quantitative estimate of drug-likeness (QED) is 0.878. The number of carbonyl (C=O) groups is 1. The van der Waals surface area contributed by atoms with Crippen LogP contribution in [0.25, 0.3) is 0 Å². The van der Waals surface area contributed by atoms with Gasteiger partial charge in [-0.05, 0) is 42.9 Å². The van der Waals surface area contributed by atoms with Gasteiger partial charge in [0.1, 0.15) is 0 Å². The van der Waals surface area contributed by atoms with E-state index in [0.29, 0.717) is 18.7 Å². The summed E-state index contributed by atoms with van der Waals surface area (Å²) in [5.41, 5.74) is 0.535. The molecule has 0 saturated carbocycles. The Labute approximate surface area is 152 Å². The molecule has 4 rings (SSSR count). The van der Waals surface area contributed by atoms with Gasteiger partial charge in [0.25, 0.3) is 5.91 Å². The highest BCUT2D eigenvalue weighted by Gasteiger charge is 2.43. The Bertz CT molecular complexity index is 747. The summed E-state index contributed by atoms with van der Waals surface area (Å²) >= 11 is 0. The standard InChI is InChI=1S/C19H23N5O2/c25-16-11-19(4-9-23(10-5-19)18-21-7-2-8-22-18)14-24(13-16)17(26)15-3-1-6-20-12-15/h1-3,6-8,12,16,25H,4-5,9-11,13-14H2. The Morgan fingerprint density at radius 2 is 1.92 bits per heavy atom. The van der Waals surface area contributed by atoms with Gasteiger partial charge in [-0.3, -0.25) is 9.78 Å². The maximum absolute atomic E-state index is 12.8. The molecule has 1 unspecified atom stereocenters. The van der Waals surface area contributed by atoms with E-state index in [-0.39, 0.29) is 11.3 Å². The van der Waals surface area contributed by atoms with Gasteiger partial charge >= 0.3 is 0 Å². The normalized spacial score (nSPS) is 22.4. The number of piperidine rings is 2. The van der Waals surface area contributed by atoms with Crippen LogP contribution in [0.2, 0.25) is 0 Å². The molecular formula is C19H23N5O2. The minimum atomic E-state index is -0.483. The summed E-state index contributed by atoms with van der Waals surface area (Å²) < 4.78 is 0. The monoisotopic (exact) mass is 353 g/mol. The minimum absolute atomic E-state index is 0.0409. The zero-order chi connectivity index (χ0) is 18.0. The van der Waals surface area contributed by atoms with Crippen molar-refractivity contribution < 1.29 is 9.90 Å². The van der Waals surface area contributed by atoms with Crippen LogP contribution in [0.4, 0.5) is 5.95 Å². The number of aliphatic hydroxyl groups is 1. The smallest absolute Gasteiger partial charge is 0.255 e. The summed E-state index contributed by atoms with van der Waals surface area (Å²) in [5.74, 6) is 0.701. The molecule has 2 fully saturated rings. The first-order valence-electron chi connectivity index (χ1n) is 9.05. The Morgan fingerprint density at radius 1 is 1.15 bits per heavy atom. The average Bonchev–Trinajstić information content (AvgIpc) is 2.69. The number of hydrogen-bond acceptors (Lipinski definition) is 6. The van der Waals surface area contributed by atoms with E-state index in [9.17, 15) is 9.90 Å². The zero-order valence-corrected chi connectivity index (χ0v) is 14.7. The van der Waals surface area contributed by atoms with Crippen LogP contribution in [0.15, 0.2) is 43.0 Å². The van der Waals surface area contributed by atoms with Gasteiger partial charge in [0.2, 0.25) is 5.95 Å². The zero-order valence-electron chi connectivity index (χ0n) is 14.7. The molecule has 2 aliphatic heterocycles. The SMILES string of the molecule is O=C(c1cccnc1)N1CC(O)CC2(CCN(c3ncccn3)CC2)C1. The van der Waals surface area contributed by atoms with E-state index in [1.165, 1.54) is 0 Å². The topological polar surface area (TPSA) is 82.5 Å². The Balaban J connectivity index is 1.46. The molecule has 2 aromatic heterocycles. The number of hydrogen-bond donors (Lipinski definition) is 1. The minimum Gasteiger partial charge on any atom is -0.391 e. The van der Waals surface area contributed by atoms with Crippen LogP contribution in [0.1, 0.15) is 29.6 Å². The highest BCUT2D eigenvalue weighted by atomic mass is 16.3. The van der Waals surface area contributed by atoms with E-state index >= 15 is 0 Å². The number of likely N-dealkylation sites (tertiary alicyclic amines) is 1. The number of rotatable bonds is 2. The lowest BCUT2D eigenvalue weighted by Crippen LogP contribution is -2.55. The van der Waals surface area contributed by atoms with Crippen molar-refractivity contribution in [3.05, 3.63) is 48.5 Å². The summed E-state index contributed by atoms with van der Waals surface area (Å²) in [4.78, 5) is 29.5. The van der Waals surface area contributed by atoms with Crippen LogP contribution >= 0.6 is 0 Å². The van der Waals surface area contributed by atoms with Crippen molar-refractivity contribution in [2.45, 2.75) is 25.4 Å². The maximum Gasteiger partial charge on any atom is 0.255 e. The first-order valence-corrected chi connectivity index (χ1v) is 9.05. The van der Waals surface area contributed by atoms with E-state index < -0.39 is 6.10 Å². The van der Waals surface area contributed by atoms with Crippen LogP contribution in [0.3, 0.4) is 0 Å². The van der Waals surface area contributed by atoms with Gasteiger partial charge in [0.15, 0.2) is 0 Å². The molecule has 1 spiro atoms. The first kappa shape index (κ1) is 16.9. The number of anilines is 1. The molecular weight excluding hydrogens is 330 g/mol. The molecule has 1 amide bonds. The van der Waals surface area contributed by atoms with E-state index in [2.05, 4.69) is 19.9 Å². The Kier molecular flexibility index (Phi) is 4.55. The lowest BCUT2D eigenvalue weighted by Gasteiger charge is -2.49. The third-order valence-corrected chi connectivity index (χ3v) is 5.48. The van der Waals surface area contributed by atoms with Crippen molar-refractivity contribution in [1.29, 1.82) is 0 Å². The number of amides is 1. The molecule has 7 heteroatoms. The second kappa shape index (κ2) is 6.99. The predicted octanol–water partition coefficient (Wildman–Crippen LogP) is 1.37. The fraction of sp³-hybridized carbons (Fsp3) is 0.474. The molecule has 1 N–H and O–H groups in total. The third-order valence-electron chi connectivity index (χ3n) is 5.48. The molecule has 1 atom stereocenters. The molecule has 0 radical (unpaired) electrons. The molecule has 136 valence electrons. The van der Waals surface area contributed by atoms with Crippen molar-refractivity contribution in [2.75, 3.05) is 31.1 Å². The van der Waals surface area contributed by atoms with Crippen molar-refractivity contribution in [1.82, 2.24) is 19.9 Å². The number of carbonyl (C=O) groups excluding carboxylic acids is 1. The molecule has 0 aromatic carbocycles. The van der Waals surface area contributed by atoms with Gasteiger partial charge < -0.3 is 14.9 Å². The van der Waals surface area contributed by atoms with Crippen molar-refractivity contribution in [3.8, 4) is 0 Å². The van der Waals surface area contributed by atoms with Gasteiger partial charge in [-0.15, -0.1) is 0 Å². The van der Waals surface area contributed by atoms with E-state index in [4.69, 9.17) is 0 Å². The van der Waals surface area contributed by atoms with Gasteiger partial charge in [-0.1, -0.05) is 0 Å². The summed E-state index contributed by atoms with van der Waals surface area (Å²) in [6.07, 6.45) is 8.85. The molecule has 2 aliphatic rings. The summed E-state index contributed by atoms with van der Waals surface area (Å²) in [7, 11) is 0. The van der Waals surface area contributed by atoms with Gasteiger partial charge in [0, 0.05) is 51.0 Å². The van der Waals surface area contributed by atoms with Crippen molar-refractivity contribution >= 4 is 11.9 Å². The molecule has 0 bridgehead atoms. The van der Waals surface area contributed by atoms with Gasteiger partial charge in [-0.2, -0.15) is 0 Å². The van der Waals surface area contributed by atoms with Gasteiger partial charge in [-0.25, -0.2) is 9.97 Å². The van der Waals surface area contributed by atoms with E-state index in [1.54, 1.807) is 41.8 Å². The Hall–Kier alpha value is -2.54. The number of aliphatic hydroxyl groups excluding tert-OH is 1. The van der Waals surface area contributed by atoms with Crippen molar-refractivity contribution in [2.24, 2.45) is 5.41 Å². The summed E-state index contributed by atoms with van der Waals surface area (Å²) in [6, 6.07) is 5.36. The van der Waals surface area contributed by atoms with E-state index in [0.717, 1.165) is 38.3 Å². The predicted molar refractivity (Wildman–Crippen MR) is 96.7 cm³/mol. The molecule has 4 heterocycles. The number of aromatic nitrogens is 3. The first-order chi connectivity index (χ1) is 12.7. The summed E-state index contributed by atoms with van der Waals surface area (Å²) in [6.45, 7) is 2.75. The molecule has 26 heavy (non-hydrogen) atoms.